The van der Waals surface area contributed by atoms with Gasteiger partial charge in [0.1, 0.15) is 0 Å². The Balaban J connectivity index is 1.49. The molecule has 0 aliphatic heterocycles. The predicted molar refractivity (Wildman–Crippen MR) is 108 cm³/mol. The van der Waals surface area contributed by atoms with E-state index in [1.165, 1.54) is 17.3 Å². The first-order valence-electron chi connectivity index (χ1n) is 8.97. The third-order valence-corrected chi connectivity index (χ3v) is 5.16. The van der Waals surface area contributed by atoms with Crippen LogP contribution in [0.5, 0.6) is 0 Å². The smallest absolute Gasteiger partial charge is 0.277 e. The summed E-state index contributed by atoms with van der Waals surface area (Å²) in [6.07, 6.45) is 0. The summed E-state index contributed by atoms with van der Waals surface area (Å²) in [5.74, 6) is 1.53. The summed E-state index contributed by atoms with van der Waals surface area (Å²) in [5, 5.41) is 17.0. The number of nitrogens with zero attached hydrogens (tertiary/aromatic N) is 4. The molecule has 0 N–H and O–H groups in total. The highest BCUT2D eigenvalue weighted by atomic mass is 32.2. The summed E-state index contributed by atoms with van der Waals surface area (Å²) < 4.78 is 11.7. The lowest BCUT2D eigenvalue weighted by Gasteiger charge is -2.02. The van der Waals surface area contributed by atoms with Crippen molar-refractivity contribution in [2.75, 3.05) is 0 Å². The largest absolute Gasteiger partial charge is 0.419 e. The van der Waals surface area contributed by atoms with E-state index in [0.29, 0.717) is 22.9 Å². The number of hydrogen-bond donors (Lipinski definition) is 0. The van der Waals surface area contributed by atoms with E-state index in [1.807, 2.05) is 64.1 Å². The van der Waals surface area contributed by atoms with Gasteiger partial charge in [-0.25, -0.2) is 0 Å². The molecule has 0 bridgehead atoms. The van der Waals surface area contributed by atoms with Gasteiger partial charge in [-0.15, -0.1) is 20.4 Å². The quantitative estimate of drug-likeness (QED) is 0.411. The number of thioether (sulfide) groups is 1. The van der Waals surface area contributed by atoms with Crippen LogP contribution >= 0.6 is 11.8 Å². The van der Waals surface area contributed by atoms with Crippen LogP contribution in [0.2, 0.25) is 0 Å². The van der Waals surface area contributed by atoms with Gasteiger partial charge in [0.2, 0.25) is 17.7 Å². The van der Waals surface area contributed by atoms with Gasteiger partial charge in [-0.2, -0.15) is 0 Å². The Hall–Kier alpha value is -2.93. The number of rotatable bonds is 5. The maximum Gasteiger partial charge on any atom is 0.277 e. The van der Waals surface area contributed by atoms with Crippen molar-refractivity contribution < 1.29 is 8.83 Å². The summed E-state index contributed by atoms with van der Waals surface area (Å²) >= 11 is 1.40. The standard InChI is InChI=1S/C21H20N4O2S/c1-12-5-7-16(8-6-12)19-23-22-18(26-19)15(4)28-21-25-24-20(27-21)17-10-13(2)9-14(3)11-17/h5-11,15H,1-4H3. The van der Waals surface area contributed by atoms with E-state index >= 15 is 0 Å². The minimum atomic E-state index is -0.112. The lowest BCUT2D eigenvalue weighted by Crippen LogP contribution is -1.88. The van der Waals surface area contributed by atoms with Crippen LogP contribution in [0.4, 0.5) is 0 Å². The maximum atomic E-state index is 5.83. The molecule has 0 amide bonds. The second-order valence-corrected chi connectivity index (χ2v) is 8.11. The zero-order valence-electron chi connectivity index (χ0n) is 16.1. The predicted octanol–water partition coefficient (Wildman–Crippen LogP) is 5.57. The molecule has 0 saturated carbocycles. The van der Waals surface area contributed by atoms with Crippen molar-refractivity contribution in [2.45, 2.75) is 38.2 Å². The van der Waals surface area contributed by atoms with Crippen molar-refractivity contribution in [1.82, 2.24) is 20.4 Å². The van der Waals surface area contributed by atoms with E-state index in [1.54, 1.807) is 0 Å². The topological polar surface area (TPSA) is 77.8 Å². The summed E-state index contributed by atoms with van der Waals surface area (Å²) in [6, 6.07) is 14.2. The summed E-state index contributed by atoms with van der Waals surface area (Å²) in [4.78, 5) is 0. The molecule has 2 heterocycles. The molecule has 0 fully saturated rings. The molecule has 1 unspecified atom stereocenters. The fourth-order valence-electron chi connectivity index (χ4n) is 2.89. The third-order valence-electron chi connectivity index (χ3n) is 4.24. The maximum absolute atomic E-state index is 5.83. The molecule has 28 heavy (non-hydrogen) atoms. The molecular weight excluding hydrogens is 372 g/mol. The number of aryl methyl sites for hydroxylation is 3. The van der Waals surface area contributed by atoms with E-state index in [4.69, 9.17) is 8.83 Å². The first-order chi connectivity index (χ1) is 13.5. The van der Waals surface area contributed by atoms with Gasteiger partial charge < -0.3 is 8.83 Å². The molecule has 6 nitrogen and oxygen atoms in total. The zero-order chi connectivity index (χ0) is 19.7. The van der Waals surface area contributed by atoms with Crippen LogP contribution in [0.3, 0.4) is 0 Å². The molecule has 4 rings (SSSR count). The molecule has 2 aromatic heterocycles. The fraction of sp³-hybridized carbons (Fsp3) is 0.238. The van der Waals surface area contributed by atoms with Gasteiger partial charge >= 0.3 is 0 Å². The van der Waals surface area contributed by atoms with Gasteiger partial charge in [-0.3, -0.25) is 0 Å². The van der Waals surface area contributed by atoms with E-state index in [2.05, 4.69) is 26.5 Å². The fourth-order valence-corrected chi connectivity index (χ4v) is 3.60. The van der Waals surface area contributed by atoms with Crippen LogP contribution in [0.15, 0.2) is 56.5 Å². The molecule has 0 spiro atoms. The Morgan fingerprint density at radius 2 is 1.36 bits per heavy atom. The first kappa shape index (κ1) is 18.4. The van der Waals surface area contributed by atoms with Crippen molar-refractivity contribution in [3.05, 3.63) is 65.0 Å². The Bertz CT molecular complexity index is 1080. The average molecular weight is 392 g/mol. The third kappa shape index (κ3) is 3.99. The number of aromatic nitrogens is 4. The molecule has 0 radical (unpaired) electrons. The summed E-state index contributed by atoms with van der Waals surface area (Å²) in [5.41, 5.74) is 5.32. The minimum Gasteiger partial charge on any atom is -0.419 e. The lowest BCUT2D eigenvalue weighted by molar-refractivity contribution is 0.461. The Morgan fingerprint density at radius 1 is 0.714 bits per heavy atom. The van der Waals surface area contributed by atoms with Crippen molar-refractivity contribution in [2.24, 2.45) is 0 Å². The SMILES string of the molecule is Cc1ccc(-c2nnc(C(C)Sc3nnc(-c4cc(C)cc(C)c4)o3)o2)cc1. The molecule has 1 atom stereocenters. The van der Waals surface area contributed by atoms with Crippen molar-refractivity contribution in [1.29, 1.82) is 0 Å². The molecule has 0 saturated heterocycles. The van der Waals surface area contributed by atoms with E-state index < -0.39 is 0 Å². The second-order valence-electron chi connectivity index (χ2n) is 6.82. The van der Waals surface area contributed by atoms with Crippen LogP contribution in [-0.2, 0) is 0 Å². The highest BCUT2D eigenvalue weighted by Crippen LogP contribution is 2.35. The Kier molecular flexibility index (Phi) is 5.00. The minimum absolute atomic E-state index is 0.112. The highest BCUT2D eigenvalue weighted by molar-refractivity contribution is 7.99. The highest BCUT2D eigenvalue weighted by Gasteiger charge is 2.20. The number of hydrogen-bond acceptors (Lipinski definition) is 7. The molecular formula is C21H20N4O2S. The summed E-state index contributed by atoms with van der Waals surface area (Å²) in [6.45, 7) is 8.11. The molecule has 0 aliphatic rings. The molecule has 142 valence electrons. The van der Waals surface area contributed by atoms with Crippen LogP contribution in [0.1, 0.15) is 34.8 Å². The van der Waals surface area contributed by atoms with Crippen LogP contribution in [-0.4, -0.2) is 20.4 Å². The number of benzene rings is 2. The lowest BCUT2D eigenvalue weighted by atomic mass is 10.1. The first-order valence-corrected chi connectivity index (χ1v) is 9.85. The molecule has 7 heteroatoms. The molecule has 2 aromatic carbocycles. The van der Waals surface area contributed by atoms with Crippen LogP contribution in [0, 0.1) is 20.8 Å². The zero-order valence-corrected chi connectivity index (χ0v) is 16.9. The van der Waals surface area contributed by atoms with Gasteiger partial charge in [-0.05, 0) is 52.0 Å². The van der Waals surface area contributed by atoms with E-state index in [0.717, 1.165) is 22.3 Å². The Labute approximate surface area is 167 Å². The van der Waals surface area contributed by atoms with E-state index in [9.17, 15) is 0 Å². The van der Waals surface area contributed by atoms with Crippen molar-refractivity contribution in [3.8, 4) is 22.9 Å². The van der Waals surface area contributed by atoms with Gasteiger partial charge in [-0.1, -0.05) is 46.7 Å². The van der Waals surface area contributed by atoms with Gasteiger partial charge in [0.25, 0.3) is 5.22 Å². The van der Waals surface area contributed by atoms with Gasteiger partial charge in [0.05, 0.1) is 5.25 Å². The van der Waals surface area contributed by atoms with Crippen molar-refractivity contribution in [3.63, 3.8) is 0 Å². The normalized spacial score (nSPS) is 12.3. The van der Waals surface area contributed by atoms with Gasteiger partial charge in [0.15, 0.2) is 0 Å². The van der Waals surface area contributed by atoms with E-state index in [-0.39, 0.29) is 5.25 Å². The second kappa shape index (κ2) is 7.59. The summed E-state index contributed by atoms with van der Waals surface area (Å²) in [7, 11) is 0. The van der Waals surface area contributed by atoms with Crippen LogP contribution < -0.4 is 0 Å². The van der Waals surface area contributed by atoms with Crippen molar-refractivity contribution >= 4 is 11.8 Å². The monoisotopic (exact) mass is 392 g/mol. The van der Waals surface area contributed by atoms with Crippen LogP contribution in [0.25, 0.3) is 22.9 Å². The molecule has 4 aromatic rings. The average Bonchev–Trinajstić information content (AvgIpc) is 3.31. The molecule has 0 aliphatic carbocycles. The van der Waals surface area contributed by atoms with Gasteiger partial charge in [0, 0.05) is 11.1 Å². The Morgan fingerprint density at radius 3 is 2.07 bits per heavy atom.